The summed E-state index contributed by atoms with van der Waals surface area (Å²) in [5, 5.41) is 2.75. The molecular weight excluding hydrogens is 402 g/mol. The predicted octanol–water partition coefficient (Wildman–Crippen LogP) is 2.11. The van der Waals surface area contributed by atoms with Crippen LogP contribution in [0.15, 0.2) is 60.7 Å². The zero-order valence-electron chi connectivity index (χ0n) is 17.2. The van der Waals surface area contributed by atoms with Gasteiger partial charge in [0.1, 0.15) is 5.75 Å². The number of ether oxygens (including phenoxy) is 1. The highest BCUT2D eigenvalue weighted by Gasteiger charge is 2.26. The van der Waals surface area contributed by atoms with Crippen LogP contribution in [0.3, 0.4) is 0 Å². The summed E-state index contributed by atoms with van der Waals surface area (Å²) in [5.41, 5.74) is 1.11. The molecule has 3 rings (SSSR count). The molecule has 7 nitrogen and oxygen atoms in total. The molecule has 2 aromatic rings. The van der Waals surface area contributed by atoms with Crippen LogP contribution in [0.2, 0.25) is 0 Å². The zero-order chi connectivity index (χ0) is 21.4. The third kappa shape index (κ3) is 6.21. The second-order valence-corrected chi connectivity index (χ2v) is 9.34. The number of benzene rings is 2. The number of nitrogens with zero attached hydrogens (tertiary/aromatic N) is 2. The predicted molar refractivity (Wildman–Crippen MR) is 118 cm³/mol. The van der Waals surface area contributed by atoms with Gasteiger partial charge in [-0.15, -0.1) is 0 Å². The third-order valence-corrected chi connectivity index (χ3v) is 7.01. The first-order valence-electron chi connectivity index (χ1n) is 10.2. The molecule has 1 atom stereocenters. The van der Waals surface area contributed by atoms with E-state index in [1.165, 1.54) is 0 Å². The summed E-state index contributed by atoms with van der Waals surface area (Å²) >= 11 is 0. The van der Waals surface area contributed by atoms with E-state index in [-0.39, 0.29) is 11.7 Å². The Morgan fingerprint density at radius 3 is 2.23 bits per heavy atom. The van der Waals surface area contributed by atoms with Crippen LogP contribution in [0.25, 0.3) is 0 Å². The van der Waals surface area contributed by atoms with Crippen LogP contribution in [0.4, 0.5) is 5.69 Å². The fraction of sp³-hybridized carbons (Fsp3) is 0.409. The quantitative estimate of drug-likeness (QED) is 0.616. The molecule has 1 heterocycles. The Morgan fingerprint density at radius 1 is 1.00 bits per heavy atom. The van der Waals surface area contributed by atoms with Crippen molar-refractivity contribution in [2.24, 2.45) is 0 Å². The van der Waals surface area contributed by atoms with Gasteiger partial charge in [0.25, 0.3) is 5.91 Å². The van der Waals surface area contributed by atoms with E-state index in [1.54, 1.807) is 23.4 Å². The molecule has 8 heteroatoms. The van der Waals surface area contributed by atoms with Crippen LogP contribution in [-0.2, 0) is 14.8 Å². The molecule has 0 aromatic heterocycles. The normalized spacial score (nSPS) is 16.1. The number of sulfonamides is 1. The molecule has 0 spiro atoms. The van der Waals surface area contributed by atoms with Gasteiger partial charge in [-0.3, -0.25) is 4.79 Å². The molecule has 1 saturated heterocycles. The molecule has 1 aliphatic heterocycles. The topological polar surface area (TPSA) is 78.9 Å². The van der Waals surface area contributed by atoms with Gasteiger partial charge in [0.15, 0.2) is 6.10 Å². The van der Waals surface area contributed by atoms with Crippen molar-refractivity contribution in [3.63, 3.8) is 0 Å². The monoisotopic (exact) mass is 431 g/mol. The Labute approximate surface area is 178 Å². The summed E-state index contributed by atoms with van der Waals surface area (Å²) in [4.78, 5) is 14.3. The molecule has 30 heavy (non-hydrogen) atoms. The highest BCUT2D eigenvalue weighted by molar-refractivity contribution is 7.89. The summed E-state index contributed by atoms with van der Waals surface area (Å²) in [7, 11) is -3.33. The van der Waals surface area contributed by atoms with Crippen molar-refractivity contribution < 1.29 is 17.9 Å². The summed E-state index contributed by atoms with van der Waals surface area (Å²) < 4.78 is 32.4. The van der Waals surface area contributed by atoms with Gasteiger partial charge in [0, 0.05) is 38.4 Å². The number of piperazine rings is 1. The van der Waals surface area contributed by atoms with Gasteiger partial charge < -0.3 is 15.0 Å². The lowest BCUT2D eigenvalue weighted by Gasteiger charge is -2.35. The first-order chi connectivity index (χ1) is 14.5. The van der Waals surface area contributed by atoms with Crippen molar-refractivity contribution >= 4 is 21.6 Å². The molecule has 0 bridgehead atoms. The lowest BCUT2D eigenvalue weighted by atomic mass is 10.2. The van der Waals surface area contributed by atoms with E-state index in [1.807, 2.05) is 48.5 Å². The second kappa shape index (κ2) is 10.4. The molecule has 1 amide bonds. The maximum atomic E-state index is 12.6. The number of para-hydroxylation sites is 2. The number of nitrogens with one attached hydrogen (secondary N) is 1. The Morgan fingerprint density at radius 2 is 1.60 bits per heavy atom. The highest BCUT2D eigenvalue weighted by atomic mass is 32.2. The molecule has 162 valence electrons. The maximum absolute atomic E-state index is 12.6. The molecule has 0 aliphatic carbocycles. The molecule has 1 N–H and O–H groups in total. The Balaban J connectivity index is 1.37. The largest absolute Gasteiger partial charge is 0.481 e. The summed E-state index contributed by atoms with van der Waals surface area (Å²) in [6, 6.07) is 19.1. The number of anilines is 1. The number of hydrogen-bond donors (Lipinski definition) is 1. The zero-order valence-corrected chi connectivity index (χ0v) is 18.1. The average Bonchev–Trinajstić information content (AvgIpc) is 2.78. The van der Waals surface area contributed by atoms with E-state index >= 15 is 0 Å². The average molecular weight is 432 g/mol. The van der Waals surface area contributed by atoms with Crippen molar-refractivity contribution in [3.05, 3.63) is 60.7 Å². The van der Waals surface area contributed by atoms with E-state index in [0.29, 0.717) is 44.9 Å². The first kappa shape index (κ1) is 22.1. The second-order valence-electron chi connectivity index (χ2n) is 7.26. The molecular formula is C22H29N3O4S. The van der Waals surface area contributed by atoms with E-state index in [4.69, 9.17) is 4.74 Å². The summed E-state index contributed by atoms with van der Waals surface area (Å²) in [6.45, 7) is 4.27. The molecule has 2 aromatic carbocycles. The van der Waals surface area contributed by atoms with Gasteiger partial charge in [-0.05, 0) is 37.6 Å². The van der Waals surface area contributed by atoms with Crippen molar-refractivity contribution in [1.29, 1.82) is 0 Å². The van der Waals surface area contributed by atoms with Gasteiger partial charge >= 0.3 is 0 Å². The standard InChI is InChI=1S/C22H29N3O4S/c1-19(29-21-11-6-3-7-12-21)22(26)23-13-8-18-30(27,28)25-16-14-24(15-17-25)20-9-4-2-5-10-20/h2-7,9-12,19H,8,13-18H2,1H3,(H,23,26)/t19-/m0/s1. The minimum Gasteiger partial charge on any atom is -0.481 e. The molecule has 0 radical (unpaired) electrons. The minimum atomic E-state index is -3.33. The number of rotatable bonds is 9. The van der Waals surface area contributed by atoms with Crippen LogP contribution in [0.1, 0.15) is 13.3 Å². The van der Waals surface area contributed by atoms with Gasteiger partial charge in [-0.25, -0.2) is 8.42 Å². The van der Waals surface area contributed by atoms with Crippen molar-refractivity contribution in [2.75, 3.05) is 43.4 Å². The minimum absolute atomic E-state index is 0.0204. The first-order valence-corrected chi connectivity index (χ1v) is 11.8. The van der Waals surface area contributed by atoms with E-state index in [9.17, 15) is 13.2 Å². The van der Waals surface area contributed by atoms with Crippen molar-refractivity contribution in [2.45, 2.75) is 19.4 Å². The summed E-state index contributed by atoms with van der Waals surface area (Å²) in [5.74, 6) is 0.386. The molecule has 1 fully saturated rings. The smallest absolute Gasteiger partial charge is 0.260 e. The molecule has 0 unspecified atom stereocenters. The fourth-order valence-electron chi connectivity index (χ4n) is 3.36. The Hall–Kier alpha value is -2.58. The number of hydrogen-bond acceptors (Lipinski definition) is 5. The number of carbonyl (C=O) groups is 1. The van der Waals surface area contributed by atoms with E-state index < -0.39 is 16.1 Å². The van der Waals surface area contributed by atoms with E-state index in [0.717, 1.165) is 5.69 Å². The Bertz CT molecular complexity index is 898. The lowest BCUT2D eigenvalue weighted by Crippen LogP contribution is -2.49. The highest BCUT2D eigenvalue weighted by Crippen LogP contribution is 2.17. The fourth-order valence-corrected chi connectivity index (χ4v) is 4.85. The molecule has 0 saturated carbocycles. The van der Waals surface area contributed by atoms with Gasteiger partial charge in [0.2, 0.25) is 10.0 Å². The van der Waals surface area contributed by atoms with Gasteiger partial charge in [0.05, 0.1) is 5.75 Å². The third-order valence-electron chi connectivity index (χ3n) is 5.06. The van der Waals surface area contributed by atoms with Crippen LogP contribution < -0.4 is 15.0 Å². The number of carbonyl (C=O) groups excluding carboxylic acids is 1. The summed E-state index contributed by atoms with van der Waals surface area (Å²) in [6.07, 6.45) is -0.277. The van der Waals surface area contributed by atoms with Crippen LogP contribution >= 0.6 is 0 Å². The maximum Gasteiger partial charge on any atom is 0.260 e. The SMILES string of the molecule is C[C@H](Oc1ccccc1)C(=O)NCCCS(=O)(=O)N1CCN(c2ccccc2)CC1. The van der Waals surface area contributed by atoms with Gasteiger partial charge in [-0.2, -0.15) is 4.31 Å². The molecule has 1 aliphatic rings. The van der Waals surface area contributed by atoms with E-state index in [2.05, 4.69) is 10.2 Å². The van der Waals surface area contributed by atoms with Crippen LogP contribution in [0, 0.1) is 0 Å². The van der Waals surface area contributed by atoms with Gasteiger partial charge in [-0.1, -0.05) is 36.4 Å². The Kier molecular flexibility index (Phi) is 7.70. The van der Waals surface area contributed by atoms with Crippen LogP contribution in [-0.4, -0.2) is 63.2 Å². The number of amides is 1. The van der Waals surface area contributed by atoms with Crippen LogP contribution in [0.5, 0.6) is 5.75 Å². The van der Waals surface area contributed by atoms with Crippen molar-refractivity contribution in [3.8, 4) is 5.75 Å². The lowest BCUT2D eigenvalue weighted by molar-refractivity contribution is -0.127. The van der Waals surface area contributed by atoms with Crippen molar-refractivity contribution in [1.82, 2.24) is 9.62 Å².